The monoisotopic (exact) mass is 289 g/mol. The fourth-order valence-electron chi connectivity index (χ4n) is 2.81. The lowest BCUT2D eigenvalue weighted by Gasteiger charge is -2.26. The number of rotatable bonds is 8. The Morgan fingerprint density at radius 2 is 1.76 bits per heavy atom. The first kappa shape index (κ1) is 14.6. The van der Waals surface area contributed by atoms with Gasteiger partial charge in [-0.15, -0.1) is 0 Å². The lowest BCUT2D eigenvalue weighted by Crippen LogP contribution is -2.30. The Morgan fingerprint density at radius 3 is 2.24 bits per heavy atom. The third-order valence-corrected chi connectivity index (χ3v) is 4.43. The first-order valence-electron chi connectivity index (χ1n) is 8.30. The third kappa shape index (κ3) is 3.64. The van der Waals surface area contributed by atoms with Crippen LogP contribution >= 0.6 is 0 Å². The van der Waals surface area contributed by atoms with E-state index in [0.717, 1.165) is 60.8 Å². The molecule has 0 aliphatic heterocycles. The maximum Gasteiger partial charge on any atom is 0.148 e. The van der Waals surface area contributed by atoms with E-state index in [-0.39, 0.29) is 0 Å². The quantitative estimate of drug-likeness (QED) is 0.569. The van der Waals surface area contributed by atoms with E-state index in [1.807, 2.05) is 0 Å². The van der Waals surface area contributed by atoms with Crippen molar-refractivity contribution in [2.45, 2.75) is 52.4 Å². The van der Waals surface area contributed by atoms with E-state index in [1.54, 1.807) is 0 Å². The van der Waals surface area contributed by atoms with Crippen LogP contribution in [0.5, 0.6) is 0 Å². The number of nitrogens with zero attached hydrogens (tertiary/aromatic N) is 3. The molecular weight excluding hydrogens is 262 g/mol. The summed E-state index contributed by atoms with van der Waals surface area (Å²) >= 11 is 0. The number of hydrazine groups is 1. The predicted molar refractivity (Wildman–Crippen MR) is 86.2 cm³/mol. The molecule has 0 bridgehead atoms. The van der Waals surface area contributed by atoms with Gasteiger partial charge < -0.3 is 10.3 Å². The first-order chi connectivity index (χ1) is 10.2. The summed E-state index contributed by atoms with van der Waals surface area (Å²) in [5.74, 6) is 10.2. The molecule has 0 unspecified atom stereocenters. The van der Waals surface area contributed by atoms with Crippen LogP contribution in [0.2, 0.25) is 0 Å². The zero-order valence-corrected chi connectivity index (χ0v) is 13.2. The molecule has 0 amide bonds. The Labute approximate surface area is 127 Å². The van der Waals surface area contributed by atoms with E-state index in [9.17, 15) is 0 Å². The van der Waals surface area contributed by atoms with E-state index in [2.05, 4.69) is 29.2 Å². The molecule has 2 aliphatic carbocycles. The van der Waals surface area contributed by atoms with E-state index < -0.39 is 0 Å². The smallest absolute Gasteiger partial charge is 0.148 e. The summed E-state index contributed by atoms with van der Waals surface area (Å²) in [6, 6.07) is 0. The van der Waals surface area contributed by atoms with Gasteiger partial charge in [-0.05, 0) is 50.9 Å². The molecule has 0 aromatic carbocycles. The third-order valence-electron chi connectivity index (χ3n) is 4.43. The zero-order chi connectivity index (χ0) is 14.8. The number of anilines is 2. The molecule has 1 aromatic heterocycles. The number of aromatic nitrogens is 2. The Bertz CT molecular complexity index is 480. The van der Waals surface area contributed by atoms with Crippen LogP contribution in [0, 0.1) is 18.8 Å². The topological polar surface area (TPSA) is 67.1 Å². The second-order valence-electron chi connectivity index (χ2n) is 6.62. The Morgan fingerprint density at radius 1 is 1.14 bits per heavy atom. The van der Waals surface area contributed by atoms with Gasteiger partial charge in [-0.1, -0.05) is 6.92 Å². The molecule has 3 N–H and O–H groups in total. The number of aryl methyl sites for hydroxylation is 1. The van der Waals surface area contributed by atoms with Crippen LogP contribution in [0.4, 0.5) is 11.6 Å². The van der Waals surface area contributed by atoms with E-state index in [0.29, 0.717) is 0 Å². The van der Waals surface area contributed by atoms with Gasteiger partial charge in [0.25, 0.3) is 0 Å². The van der Waals surface area contributed by atoms with Crippen molar-refractivity contribution in [1.82, 2.24) is 9.97 Å². The first-order valence-corrected chi connectivity index (χ1v) is 8.30. The number of nitrogens with one attached hydrogen (secondary N) is 1. The highest BCUT2D eigenvalue weighted by atomic mass is 15.3. The minimum absolute atomic E-state index is 0.778. The lowest BCUT2D eigenvalue weighted by molar-refractivity contribution is 0.664. The highest BCUT2D eigenvalue weighted by Crippen LogP contribution is 2.36. The van der Waals surface area contributed by atoms with Crippen molar-refractivity contribution in [3.63, 3.8) is 0 Å². The second kappa shape index (κ2) is 6.18. The van der Waals surface area contributed by atoms with Gasteiger partial charge in [-0.2, -0.15) is 0 Å². The highest BCUT2D eigenvalue weighted by molar-refractivity contribution is 5.58. The summed E-state index contributed by atoms with van der Waals surface area (Å²) in [6.07, 6.45) is 7.44. The fraction of sp³-hybridized carbons (Fsp3) is 0.750. The number of hydrogen-bond donors (Lipinski definition) is 2. The van der Waals surface area contributed by atoms with Crippen LogP contribution in [0.1, 0.15) is 50.4 Å². The molecule has 5 nitrogen and oxygen atoms in total. The van der Waals surface area contributed by atoms with Crippen LogP contribution in [-0.2, 0) is 6.42 Å². The Kier molecular flexibility index (Phi) is 4.29. The summed E-state index contributed by atoms with van der Waals surface area (Å²) in [5.41, 5.74) is 3.83. The summed E-state index contributed by atoms with van der Waals surface area (Å²) in [6.45, 7) is 6.52. The Hall–Kier alpha value is -1.36. The second-order valence-corrected chi connectivity index (χ2v) is 6.62. The molecule has 21 heavy (non-hydrogen) atoms. The van der Waals surface area contributed by atoms with Gasteiger partial charge in [0, 0.05) is 25.1 Å². The molecule has 0 saturated heterocycles. The summed E-state index contributed by atoms with van der Waals surface area (Å²) in [5, 5.41) is 0. The molecule has 0 atom stereocenters. The van der Waals surface area contributed by atoms with E-state index in [1.165, 1.54) is 25.7 Å². The van der Waals surface area contributed by atoms with Gasteiger partial charge in [-0.25, -0.2) is 15.8 Å². The van der Waals surface area contributed by atoms with Crippen LogP contribution in [-0.4, -0.2) is 23.1 Å². The molecule has 0 radical (unpaired) electrons. The fourth-order valence-corrected chi connectivity index (χ4v) is 2.81. The van der Waals surface area contributed by atoms with Gasteiger partial charge in [0.15, 0.2) is 0 Å². The largest absolute Gasteiger partial charge is 0.356 e. The molecule has 0 spiro atoms. The predicted octanol–water partition coefficient (Wildman–Crippen LogP) is 2.65. The van der Waals surface area contributed by atoms with Crippen LogP contribution in [0.15, 0.2) is 0 Å². The molecule has 5 heteroatoms. The van der Waals surface area contributed by atoms with Crippen LogP contribution in [0.25, 0.3) is 0 Å². The maximum atomic E-state index is 5.65. The Balaban J connectivity index is 1.88. The average Bonchev–Trinajstić information content (AvgIpc) is 3.36. The lowest BCUT2D eigenvalue weighted by atomic mass is 10.2. The summed E-state index contributed by atoms with van der Waals surface area (Å²) in [4.78, 5) is 11.9. The van der Waals surface area contributed by atoms with Gasteiger partial charge in [0.2, 0.25) is 0 Å². The van der Waals surface area contributed by atoms with Crippen LogP contribution < -0.4 is 16.2 Å². The van der Waals surface area contributed by atoms with Crippen molar-refractivity contribution in [3.8, 4) is 0 Å². The van der Waals surface area contributed by atoms with E-state index >= 15 is 0 Å². The van der Waals surface area contributed by atoms with E-state index in [4.69, 9.17) is 10.8 Å². The maximum absolute atomic E-state index is 5.65. The summed E-state index contributed by atoms with van der Waals surface area (Å²) in [7, 11) is 0. The van der Waals surface area contributed by atoms with Gasteiger partial charge >= 0.3 is 0 Å². The molecule has 1 heterocycles. The van der Waals surface area contributed by atoms with Crippen LogP contribution in [0.3, 0.4) is 0 Å². The number of hydrogen-bond acceptors (Lipinski definition) is 5. The van der Waals surface area contributed by atoms with Gasteiger partial charge in [0.1, 0.15) is 17.5 Å². The molecule has 116 valence electrons. The molecule has 2 aliphatic rings. The zero-order valence-electron chi connectivity index (χ0n) is 13.2. The van der Waals surface area contributed by atoms with Crippen molar-refractivity contribution in [2.24, 2.45) is 17.7 Å². The number of nitrogens with two attached hydrogens (primary N) is 1. The van der Waals surface area contributed by atoms with Crippen molar-refractivity contribution < 1.29 is 0 Å². The van der Waals surface area contributed by atoms with Crippen molar-refractivity contribution in [1.29, 1.82) is 0 Å². The normalized spacial score (nSPS) is 17.9. The van der Waals surface area contributed by atoms with Gasteiger partial charge in [0.05, 0.1) is 0 Å². The van der Waals surface area contributed by atoms with Crippen molar-refractivity contribution >= 4 is 11.6 Å². The van der Waals surface area contributed by atoms with Gasteiger partial charge in [-0.3, -0.25) is 0 Å². The highest BCUT2D eigenvalue weighted by Gasteiger charge is 2.31. The average molecular weight is 289 g/mol. The molecule has 3 rings (SSSR count). The standard InChI is InChI=1S/C16H27N5/c1-3-4-14-18-15(20-17)11(2)16(19-14)21(9-12-5-6-12)10-13-7-8-13/h12-13H,3-10,17H2,1-2H3,(H,18,19,20). The SMILES string of the molecule is CCCc1nc(NN)c(C)c(N(CC2CC2)CC2CC2)n1. The minimum Gasteiger partial charge on any atom is -0.356 e. The molecule has 1 aromatic rings. The molecule has 2 fully saturated rings. The van der Waals surface area contributed by atoms with Crippen molar-refractivity contribution in [3.05, 3.63) is 11.4 Å². The molecule has 2 saturated carbocycles. The van der Waals surface area contributed by atoms with Crippen molar-refractivity contribution in [2.75, 3.05) is 23.4 Å². The summed E-state index contributed by atoms with van der Waals surface area (Å²) < 4.78 is 0. The number of nitrogen functional groups attached to an aromatic ring is 1. The molecular formula is C16H27N5. The minimum atomic E-state index is 0.778.